The minimum atomic E-state index is -0.163. The van der Waals surface area contributed by atoms with E-state index in [2.05, 4.69) is 15.0 Å². The molecule has 2 aromatic rings. The summed E-state index contributed by atoms with van der Waals surface area (Å²) in [6.45, 7) is 1.14. The van der Waals surface area contributed by atoms with Gasteiger partial charge >= 0.3 is 0 Å². The van der Waals surface area contributed by atoms with E-state index < -0.39 is 0 Å². The summed E-state index contributed by atoms with van der Waals surface area (Å²) >= 11 is 1.49. The number of hydrogen-bond acceptors (Lipinski definition) is 7. The van der Waals surface area contributed by atoms with Crippen molar-refractivity contribution in [3.05, 3.63) is 42.6 Å². The Labute approximate surface area is 143 Å². The Balaban J connectivity index is 1.51. The summed E-state index contributed by atoms with van der Waals surface area (Å²) < 4.78 is 5.74. The maximum atomic E-state index is 12.3. The molecule has 3 heterocycles. The standard InChI is InChI=1S/C16H15N5O2S/c17-9-14-16(20-7-6-19-14)23-12-3-8-21(10-12)15(22)11-24-13-1-4-18-5-2-13/h1-2,4-7,12H,3,8,10-11H2. The molecule has 2 aromatic heterocycles. The summed E-state index contributed by atoms with van der Waals surface area (Å²) in [7, 11) is 0. The van der Waals surface area contributed by atoms with E-state index in [9.17, 15) is 4.79 Å². The maximum absolute atomic E-state index is 12.3. The lowest BCUT2D eigenvalue weighted by Crippen LogP contribution is -2.32. The fourth-order valence-corrected chi connectivity index (χ4v) is 3.15. The zero-order chi connectivity index (χ0) is 16.8. The van der Waals surface area contributed by atoms with Crippen molar-refractivity contribution in [2.75, 3.05) is 18.8 Å². The minimum absolute atomic E-state index is 0.0718. The topological polar surface area (TPSA) is 92.0 Å². The van der Waals surface area contributed by atoms with E-state index in [0.717, 1.165) is 4.90 Å². The molecule has 0 bridgehead atoms. The highest BCUT2D eigenvalue weighted by Gasteiger charge is 2.28. The van der Waals surface area contributed by atoms with Crippen LogP contribution in [0.3, 0.4) is 0 Å². The van der Waals surface area contributed by atoms with Crippen LogP contribution in [0.25, 0.3) is 0 Å². The van der Waals surface area contributed by atoms with Gasteiger partial charge in [-0.1, -0.05) is 0 Å². The molecule has 3 rings (SSSR count). The average molecular weight is 341 g/mol. The predicted molar refractivity (Wildman–Crippen MR) is 87.3 cm³/mol. The van der Waals surface area contributed by atoms with Crippen LogP contribution in [0.15, 0.2) is 41.8 Å². The van der Waals surface area contributed by atoms with Gasteiger partial charge in [0.25, 0.3) is 5.88 Å². The number of pyridine rings is 1. The Morgan fingerprint density at radius 1 is 1.33 bits per heavy atom. The van der Waals surface area contributed by atoms with Gasteiger partial charge in [-0.05, 0) is 12.1 Å². The van der Waals surface area contributed by atoms with Crippen LogP contribution >= 0.6 is 11.8 Å². The molecule has 1 unspecified atom stereocenters. The van der Waals surface area contributed by atoms with E-state index in [1.165, 1.54) is 24.2 Å². The van der Waals surface area contributed by atoms with E-state index in [1.807, 2.05) is 18.2 Å². The second-order valence-corrected chi connectivity index (χ2v) is 6.21. The summed E-state index contributed by atoms with van der Waals surface area (Å²) in [5.74, 6) is 0.679. The van der Waals surface area contributed by atoms with Crippen molar-refractivity contribution < 1.29 is 9.53 Å². The number of hydrogen-bond donors (Lipinski definition) is 0. The summed E-state index contributed by atoms with van der Waals surface area (Å²) in [4.78, 5) is 27.0. The van der Waals surface area contributed by atoms with E-state index >= 15 is 0 Å². The molecular weight excluding hydrogens is 326 g/mol. The molecule has 0 saturated carbocycles. The molecule has 24 heavy (non-hydrogen) atoms. The smallest absolute Gasteiger partial charge is 0.251 e. The molecule has 8 heteroatoms. The second-order valence-electron chi connectivity index (χ2n) is 5.16. The fraction of sp³-hybridized carbons (Fsp3) is 0.312. The molecule has 1 aliphatic rings. The molecule has 1 aliphatic heterocycles. The van der Waals surface area contributed by atoms with Crippen LogP contribution in [0.1, 0.15) is 12.1 Å². The number of carbonyl (C=O) groups is 1. The lowest BCUT2D eigenvalue weighted by Gasteiger charge is -2.17. The van der Waals surface area contributed by atoms with Crippen molar-refractivity contribution in [3.63, 3.8) is 0 Å². The third-order valence-electron chi connectivity index (χ3n) is 3.56. The number of likely N-dealkylation sites (tertiary alicyclic amines) is 1. The predicted octanol–water partition coefficient (Wildman–Crippen LogP) is 1.52. The lowest BCUT2D eigenvalue weighted by molar-refractivity contribution is -0.127. The van der Waals surface area contributed by atoms with Gasteiger partial charge in [-0.25, -0.2) is 9.97 Å². The third kappa shape index (κ3) is 4.00. The van der Waals surface area contributed by atoms with Crippen molar-refractivity contribution in [1.29, 1.82) is 5.26 Å². The van der Waals surface area contributed by atoms with Crippen molar-refractivity contribution in [2.45, 2.75) is 17.4 Å². The molecule has 7 nitrogen and oxygen atoms in total. The largest absolute Gasteiger partial charge is 0.470 e. The average Bonchev–Trinajstić information content (AvgIpc) is 3.10. The summed E-state index contributed by atoms with van der Waals surface area (Å²) in [5, 5.41) is 9.01. The van der Waals surface area contributed by atoms with E-state index in [-0.39, 0.29) is 23.6 Å². The van der Waals surface area contributed by atoms with Crippen LogP contribution in [0.2, 0.25) is 0 Å². The molecule has 0 radical (unpaired) electrons. The highest BCUT2D eigenvalue weighted by molar-refractivity contribution is 8.00. The fourth-order valence-electron chi connectivity index (χ4n) is 2.37. The Morgan fingerprint density at radius 3 is 2.92 bits per heavy atom. The van der Waals surface area contributed by atoms with Crippen LogP contribution in [-0.2, 0) is 4.79 Å². The Bertz CT molecular complexity index is 750. The number of nitrogens with zero attached hydrogens (tertiary/aromatic N) is 5. The van der Waals surface area contributed by atoms with Crippen molar-refractivity contribution in [3.8, 4) is 11.9 Å². The van der Waals surface area contributed by atoms with Gasteiger partial charge in [0.2, 0.25) is 11.6 Å². The molecule has 0 aliphatic carbocycles. The van der Waals surface area contributed by atoms with Gasteiger partial charge in [0.15, 0.2) is 0 Å². The number of rotatable bonds is 5. The Kier molecular flexibility index (Phi) is 5.23. The van der Waals surface area contributed by atoms with E-state index in [0.29, 0.717) is 25.3 Å². The third-order valence-corrected chi connectivity index (χ3v) is 4.56. The van der Waals surface area contributed by atoms with Gasteiger partial charge in [-0.2, -0.15) is 5.26 Å². The molecule has 0 aromatic carbocycles. The monoisotopic (exact) mass is 341 g/mol. The van der Waals surface area contributed by atoms with Gasteiger partial charge in [-0.15, -0.1) is 11.8 Å². The Hall–Kier alpha value is -2.66. The SMILES string of the molecule is N#Cc1nccnc1OC1CCN(C(=O)CSc2ccncc2)C1. The van der Waals surface area contributed by atoms with Gasteiger partial charge in [0.1, 0.15) is 12.2 Å². The maximum Gasteiger partial charge on any atom is 0.251 e. The number of ether oxygens (including phenoxy) is 1. The van der Waals surface area contributed by atoms with Crippen LogP contribution in [0.5, 0.6) is 5.88 Å². The first kappa shape index (κ1) is 16.2. The minimum Gasteiger partial charge on any atom is -0.470 e. The first-order chi connectivity index (χ1) is 11.8. The van der Waals surface area contributed by atoms with Crippen LogP contribution in [0, 0.1) is 11.3 Å². The normalized spacial score (nSPS) is 16.6. The lowest BCUT2D eigenvalue weighted by atomic mass is 10.3. The first-order valence-electron chi connectivity index (χ1n) is 7.44. The van der Waals surface area contributed by atoms with Crippen molar-refractivity contribution in [2.24, 2.45) is 0 Å². The van der Waals surface area contributed by atoms with Gasteiger partial charge in [-0.3, -0.25) is 9.78 Å². The molecule has 0 N–H and O–H groups in total. The van der Waals surface area contributed by atoms with E-state index in [4.69, 9.17) is 10.00 Å². The zero-order valence-electron chi connectivity index (χ0n) is 12.8. The highest BCUT2D eigenvalue weighted by Crippen LogP contribution is 2.21. The van der Waals surface area contributed by atoms with Crippen molar-refractivity contribution >= 4 is 17.7 Å². The molecule has 1 fully saturated rings. The molecule has 0 spiro atoms. The Morgan fingerprint density at radius 2 is 2.12 bits per heavy atom. The molecule has 122 valence electrons. The number of thioether (sulfide) groups is 1. The number of amides is 1. The summed E-state index contributed by atoms with van der Waals surface area (Å²) in [6, 6.07) is 5.71. The number of carbonyl (C=O) groups excluding carboxylic acids is 1. The quantitative estimate of drug-likeness (QED) is 0.761. The van der Waals surface area contributed by atoms with Gasteiger partial charge in [0.05, 0.1) is 12.3 Å². The molecule has 1 amide bonds. The number of nitriles is 1. The highest BCUT2D eigenvalue weighted by atomic mass is 32.2. The summed E-state index contributed by atoms with van der Waals surface area (Å²) in [5.41, 5.74) is 0.163. The van der Waals surface area contributed by atoms with E-state index in [1.54, 1.807) is 17.3 Å². The molecular formula is C16H15N5O2S. The van der Waals surface area contributed by atoms with Crippen molar-refractivity contribution in [1.82, 2.24) is 19.9 Å². The van der Waals surface area contributed by atoms with Gasteiger partial charge in [0, 0.05) is 42.6 Å². The van der Waals surface area contributed by atoms with Crippen LogP contribution in [0.4, 0.5) is 0 Å². The number of aromatic nitrogens is 3. The van der Waals surface area contributed by atoms with Crippen LogP contribution < -0.4 is 4.74 Å². The van der Waals surface area contributed by atoms with Gasteiger partial charge < -0.3 is 9.64 Å². The molecule has 1 atom stereocenters. The molecule has 1 saturated heterocycles. The zero-order valence-corrected chi connectivity index (χ0v) is 13.6. The first-order valence-corrected chi connectivity index (χ1v) is 8.43. The van der Waals surface area contributed by atoms with Crippen LogP contribution in [-0.4, -0.2) is 50.7 Å². The second kappa shape index (κ2) is 7.75. The summed E-state index contributed by atoms with van der Waals surface area (Å²) in [6.07, 6.45) is 6.91.